The highest BCUT2D eigenvalue weighted by Gasteiger charge is 2.51. The number of benzene rings is 11. The van der Waals surface area contributed by atoms with Crippen molar-refractivity contribution >= 4 is 49.6 Å². The van der Waals surface area contributed by atoms with Gasteiger partial charge in [-0.3, -0.25) is 0 Å². The van der Waals surface area contributed by atoms with Crippen molar-refractivity contribution in [3.8, 4) is 50.2 Å². The first kappa shape index (κ1) is 37.6. The summed E-state index contributed by atoms with van der Waals surface area (Å²) in [4.78, 5) is 2.51. The predicted molar refractivity (Wildman–Crippen MR) is 280 cm³/mol. The van der Waals surface area contributed by atoms with E-state index in [0.717, 1.165) is 28.3 Å². The van der Waals surface area contributed by atoms with E-state index in [1.807, 2.05) is 0 Å². The monoisotopic (exact) mass is 850 g/mol. The molecule has 1 aromatic heterocycles. The molecule has 12 aromatic rings. The smallest absolute Gasteiger partial charge is 0.0782 e. The first-order chi connectivity index (χ1) is 33.3. The third kappa shape index (κ3) is 5.39. The van der Waals surface area contributed by atoms with Gasteiger partial charge in [0.15, 0.2) is 0 Å². The fourth-order valence-corrected chi connectivity index (χ4v) is 11.9. The minimum atomic E-state index is -0.634. The molecule has 0 saturated heterocycles. The van der Waals surface area contributed by atoms with Gasteiger partial charge in [0.05, 0.1) is 22.1 Å². The molecule has 0 saturated carbocycles. The normalized spacial score (nSPS) is 14.3. The van der Waals surface area contributed by atoms with Gasteiger partial charge < -0.3 is 9.47 Å². The molecule has 2 heteroatoms. The Labute approximate surface area is 389 Å². The van der Waals surface area contributed by atoms with E-state index in [2.05, 4.69) is 264 Å². The van der Waals surface area contributed by atoms with Gasteiger partial charge in [-0.1, -0.05) is 206 Å². The molecule has 0 aliphatic heterocycles. The van der Waals surface area contributed by atoms with E-state index < -0.39 is 5.41 Å². The van der Waals surface area contributed by atoms with E-state index in [-0.39, 0.29) is 0 Å². The van der Waals surface area contributed by atoms with E-state index in [9.17, 15) is 0 Å². The van der Waals surface area contributed by atoms with E-state index in [0.29, 0.717) is 0 Å². The summed E-state index contributed by atoms with van der Waals surface area (Å²) in [7, 11) is 0. The third-order valence-electron chi connectivity index (χ3n) is 14.6. The van der Waals surface area contributed by atoms with Crippen LogP contribution in [0.3, 0.4) is 0 Å². The first-order valence-corrected chi connectivity index (χ1v) is 23.3. The Morgan fingerprint density at radius 1 is 0.343 bits per heavy atom. The van der Waals surface area contributed by atoms with Gasteiger partial charge in [-0.25, -0.2) is 0 Å². The van der Waals surface area contributed by atoms with Crippen LogP contribution in [0.25, 0.3) is 82.8 Å². The molecule has 67 heavy (non-hydrogen) atoms. The molecule has 1 atom stereocenters. The summed E-state index contributed by atoms with van der Waals surface area (Å²) >= 11 is 0. The van der Waals surface area contributed by atoms with Crippen molar-refractivity contribution in [1.29, 1.82) is 0 Å². The molecule has 2 aliphatic carbocycles. The van der Waals surface area contributed by atoms with Crippen LogP contribution in [0.4, 0.5) is 17.1 Å². The lowest BCUT2D eigenvalue weighted by molar-refractivity contribution is 0.775. The van der Waals surface area contributed by atoms with Crippen molar-refractivity contribution in [2.75, 3.05) is 4.90 Å². The number of para-hydroxylation sites is 3. The van der Waals surface area contributed by atoms with E-state index >= 15 is 0 Å². The number of rotatable bonds is 6. The maximum atomic E-state index is 2.53. The molecule has 0 amide bonds. The Morgan fingerprint density at radius 2 is 0.896 bits per heavy atom. The molecular weight excluding hydrogens is 809 g/mol. The average Bonchev–Trinajstić information content (AvgIpc) is 3.90. The zero-order chi connectivity index (χ0) is 44.1. The highest BCUT2D eigenvalue weighted by Crippen LogP contribution is 2.64. The standard InChI is InChI=1S/C65H42N2/c1-4-18-43(19-5-1)44-34-37-48(38-35-44)66(61-33-17-29-56-54-27-12-15-32-60(54)67(64(56)61)47-23-8-3-9-24-47)49-39-41-53-51-25-10-13-30-57(51)65(59(53)42-49)58-31-14-11-26-52(58)55-28-16-22-46-36-40-50(63(65)62(46)55)45-20-6-2-7-21-45/h1-42H. The van der Waals surface area contributed by atoms with E-state index in [4.69, 9.17) is 0 Å². The minimum absolute atomic E-state index is 0.634. The van der Waals surface area contributed by atoms with Gasteiger partial charge in [-0.15, -0.1) is 0 Å². The maximum Gasteiger partial charge on any atom is 0.0782 e. The van der Waals surface area contributed by atoms with Crippen LogP contribution >= 0.6 is 0 Å². The van der Waals surface area contributed by atoms with Gasteiger partial charge in [-0.2, -0.15) is 0 Å². The Bertz CT molecular complexity index is 3900. The van der Waals surface area contributed by atoms with Crippen molar-refractivity contribution in [2.45, 2.75) is 5.41 Å². The summed E-state index contributed by atoms with van der Waals surface area (Å²) in [5.74, 6) is 0. The molecule has 0 fully saturated rings. The average molecular weight is 851 g/mol. The number of aromatic nitrogens is 1. The first-order valence-electron chi connectivity index (χ1n) is 23.3. The summed E-state index contributed by atoms with van der Waals surface area (Å²) in [6, 6.07) is 94.6. The van der Waals surface area contributed by atoms with Crippen LogP contribution in [-0.2, 0) is 5.41 Å². The Morgan fingerprint density at radius 3 is 1.66 bits per heavy atom. The van der Waals surface area contributed by atoms with Crippen molar-refractivity contribution in [2.24, 2.45) is 0 Å². The zero-order valence-corrected chi connectivity index (χ0v) is 36.6. The van der Waals surface area contributed by atoms with Gasteiger partial charge in [-0.05, 0) is 126 Å². The number of fused-ring (bicyclic) bond motifs is 12. The second-order valence-electron chi connectivity index (χ2n) is 17.9. The second kappa shape index (κ2) is 14.7. The van der Waals surface area contributed by atoms with Crippen LogP contribution < -0.4 is 4.90 Å². The van der Waals surface area contributed by atoms with E-state index in [1.54, 1.807) is 0 Å². The van der Waals surface area contributed by atoms with Gasteiger partial charge in [0.25, 0.3) is 0 Å². The molecule has 1 spiro atoms. The van der Waals surface area contributed by atoms with Crippen LogP contribution in [0.2, 0.25) is 0 Å². The summed E-state index contributed by atoms with van der Waals surface area (Å²) in [5.41, 5.74) is 21.4. The van der Waals surface area contributed by atoms with E-state index in [1.165, 1.54) is 93.8 Å². The summed E-state index contributed by atoms with van der Waals surface area (Å²) in [6.45, 7) is 0. The highest BCUT2D eigenvalue weighted by molar-refractivity contribution is 6.15. The molecule has 2 aliphatic rings. The molecule has 14 rings (SSSR count). The lowest BCUT2D eigenvalue weighted by Gasteiger charge is -2.41. The molecule has 1 heterocycles. The highest BCUT2D eigenvalue weighted by atomic mass is 15.2. The lowest BCUT2D eigenvalue weighted by atomic mass is 9.60. The van der Waals surface area contributed by atoms with Gasteiger partial charge >= 0.3 is 0 Å². The molecule has 0 bridgehead atoms. The molecule has 0 radical (unpaired) electrons. The van der Waals surface area contributed by atoms with Crippen LogP contribution in [0.5, 0.6) is 0 Å². The van der Waals surface area contributed by atoms with Crippen molar-refractivity contribution < 1.29 is 0 Å². The zero-order valence-electron chi connectivity index (χ0n) is 36.6. The van der Waals surface area contributed by atoms with Crippen LogP contribution in [0.15, 0.2) is 255 Å². The summed E-state index contributed by atoms with van der Waals surface area (Å²) in [5, 5.41) is 5.01. The molecule has 1 unspecified atom stereocenters. The quantitative estimate of drug-likeness (QED) is 0.162. The summed E-state index contributed by atoms with van der Waals surface area (Å²) < 4.78 is 2.46. The maximum absolute atomic E-state index is 2.53. The van der Waals surface area contributed by atoms with Crippen molar-refractivity contribution in [3.63, 3.8) is 0 Å². The fourth-order valence-electron chi connectivity index (χ4n) is 11.9. The third-order valence-corrected chi connectivity index (χ3v) is 14.6. The molecular formula is C65H42N2. The molecule has 0 N–H and O–H groups in total. The van der Waals surface area contributed by atoms with Gasteiger partial charge in [0.2, 0.25) is 0 Å². The van der Waals surface area contributed by atoms with Crippen molar-refractivity contribution in [1.82, 2.24) is 4.57 Å². The fraction of sp³-hybridized carbons (Fsp3) is 0.0154. The predicted octanol–water partition coefficient (Wildman–Crippen LogP) is 17.1. The SMILES string of the molecule is c1ccc(-c2ccc(N(c3ccc4c(c3)C3(c5ccccc5-4)c4ccccc4-c4cccc5ccc(-c6ccccc6)c3c45)c3cccc4c5ccccc5n(-c5ccccc5)c34)cc2)cc1. The number of hydrogen-bond acceptors (Lipinski definition) is 1. The Kier molecular flexibility index (Phi) is 8.23. The Hall–Kier alpha value is -8.72. The number of anilines is 3. The van der Waals surface area contributed by atoms with Crippen molar-refractivity contribution in [3.05, 3.63) is 277 Å². The second-order valence-corrected chi connectivity index (χ2v) is 17.9. The van der Waals surface area contributed by atoms with Gasteiger partial charge in [0.1, 0.15) is 0 Å². The molecule has 2 nitrogen and oxygen atoms in total. The molecule has 11 aromatic carbocycles. The lowest BCUT2D eigenvalue weighted by Crippen LogP contribution is -2.32. The van der Waals surface area contributed by atoms with Gasteiger partial charge in [0, 0.05) is 27.8 Å². The largest absolute Gasteiger partial charge is 0.308 e. The van der Waals surface area contributed by atoms with Crippen LogP contribution in [0, 0.1) is 0 Å². The summed E-state index contributed by atoms with van der Waals surface area (Å²) in [6.07, 6.45) is 0. The molecule has 312 valence electrons. The van der Waals surface area contributed by atoms with Crippen LogP contribution in [-0.4, -0.2) is 4.57 Å². The topological polar surface area (TPSA) is 8.17 Å². The Balaban J connectivity index is 1.10. The number of hydrogen-bond donors (Lipinski definition) is 0. The van der Waals surface area contributed by atoms with Crippen LogP contribution in [0.1, 0.15) is 22.3 Å². The number of nitrogens with zero attached hydrogens (tertiary/aromatic N) is 2. The minimum Gasteiger partial charge on any atom is -0.308 e.